The van der Waals surface area contributed by atoms with Crippen molar-refractivity contribution in [2.45, 2.75) is 32.2 Å². The van der Waals surface area contributed by atoms with Gasteiger partial charge in [0, 0.05) is 18.4 Å². The first kappa shape index (κ1) is 11.5. The second-order valence-electron chi connectivity index (χ2n) is 4.91. The van der Waals surface area contributed by atoms with Crippen LogP contribution in [0.5, 0.6) is 0 Å². The molecule has 1 saturated heterocycles. The van der Waals surface area contributed by atoms with Gasteiger partial charge < -0.3 is 10.6 Å². The van der Waals surface area contributed by atoms with Crippen molar-refractivity contribution in [1.82, 2.24) is 19.9 Å². The molecule has 5 nitrogen and oxygen atoms in total. The summed E-state index contributed by atoms with van der Waals surface area (Å²) in [4.78, 5) is 4.45. The van der Waals surface area contributed by atoms with Crippen molar-refractivity contribution in [3.05, 3.63) is 24.2 Å². The van der Waals surface area contributed by atoms with E-state index in [1.54, 1.807) is 6.20 Å². The van der Waals surface area contributed by atoms with Gasteiger partial charge in [-0.2, -0.15) is 5.10 Å². The second kappa shape index (κ2) is 4.94. The zero-order valence-corrected chi connectivity index (χ0v) is 10.7. The molecular formula is C13H19N5. The topological polar surface area (TPSA) is 54.2 Å². The molecule has 18 heavy (non-hydrogen) atoms. The van der Waals surface area contributed by atoms with Crippen LogP contribution in [0.3, 0.4) is 0 Å². The third-order valence-corrected chi connectivity index (χ3v) is 3.43. The Hall–Kier alpha value is -1.62. The fourth-order valence-corrected chi connectivity index (χ4v) is 2.51. The molecule has 1 fully saturated rings. The van der Waals surface area contributed by atoms with E-state index in [0.29, 0.717) is 6.04 Å². The highest BCUT2D eigenvalue weighted by atomic mass is 15.2. The van der Waals surface area contributed by atoms with E-state index in [-0.39, 0.29) is 0 Å². The molecule has 2 aromatic heterocycles. The molecule has 2 N–H and O–H groups in total. The van der Waals surface area contributed by atoms with Crippen molar-refractivity contribution >= 4 is 11.3 Å². The molecule has 0 aliphatic carbocycles. The highest BCUT2D eigenvalue weighted by Gasteiger charge is 2.14. The Bertz CT molecular complexity index is 525. The largest absolute Gasteiger partial charge is 0.366 e. The minimum Gasteiger partial charge on any atom is -0.366 e. The maximum atomic E-state index is 4.45. The summed E-state index contributed by atoms with van der Waals surface area (Å²) in [6, 6.07) is 2.58. The van der Waals surface area contributed by atoms with Gasteiger partial charge in [0.05, 0.1) is 5.69 Å². The minimum atomic E-state index is 0.508. The summed E-state index contributed by atoms with van der Waals surface area (Å²) in [6.07, 6.45) is 7.26. The smallest absolute Gasteiger partial charge is 0.152 e. The van der Waals surface area contributed by atoms with E-state index in [9.17, 15) is 0 Å². The van der Waals surface area contributed by atoms with Gasteiger partial charge in [-0.15, -0.1) is 0 Å². The van der Waals surface area contributed by atoms with E-state index in [2.05, 4.69) is 26.8 Å². The minimum absolute atomic E-state index is 0.508. The summed E-state index contributed by atoms with van der Waals surface area (Å²) in [5.41, 5.74) is 2.08. The molecule has 1 atom stereocenters. The lowest BCUT2D eigenvalue weighted by Crippen LogP contribution is -2.22. The second-order valence-corrected chi connectivity index (χ2v) is 4.91. The number of aryl methyl sites for hydroxylation is 1. The van der Waals surface area contributed by atoms with Crippen LogP contribution in [0.2, 0.25) is 0 Å². The van der Waals surface area contributed by atoms with E-state index in [1.165, 1.54) is 12.8 Å². The van der Waals surface area contributed by atoms with Gasteiger partial charge in [0.25, 0.3) is 0 Å². The van der Waals surface area contributed by atoms with Gasteiger partial charge in [0.2, 0.25) is 0 Å². The van der Waals surface area contributed by atoms with Crippen LogP contribution in [-0.4, -0.2) is 33.7 Å². The molecule has 5 heteroatoms. The van der Waals surface area contributed by atoms with Crippen LogP contribution in [0.25, 0.3) is 5.52 Å². The van der Waals surface area contributed by atoms with Crippen LogP contribution in [-0.2, 0) is 0 Å². The number of anilines is 1. The highest BCUT2D eigenvalue weighted by Crippen LogP contribution is 2.18. The van der Waals surface area contributed by atoms with Crippen molar-refractivity contribution in [3.8, 4) is 0 Å². The first-order chi connectivity index (χ1) is 8.83. The van der Waals surface area contributed by atoms with Crippen LogP contribution in [0.1, 0.15) is 25.0 Å². The van der Waals surface area contributed by atoms with Crippen molar-refractivity contribution in [2.24, 2.45) is 0 Å². The standard InChI is InChI=1S/C13H19N5/c1-10-9-12-13(15-7-8-18(12)17-10)16-11-3-2-5-14-6-4-11/h7-9,11,14H,2-6H2,1H3,(H,15,16). The fourth-order valence-electron chi connectivity index (χ4n) is 2.51. The monoisotopic (exact) mass is 245 g/mol. The van der Waals surface area contributed by atoms with Crippen LogP contribution >= 0.6 is 0 Å². The molecule has 2 aromatic rings. The summed E-state index contributed by atoms with van der Waals surface area (Å²) in [6.45, 7) is 4.22. The molecule has 1 aliphatic rings. The molecule has 0 radical (unpaired) electrons. The lowest BCUT2D eigenvalue weighted by molar-refractivity contribution is 0.635. The van der Waals surface area contributed by atoms with Crippen LogP contribution in [0.15, 0.2) is 18.5 Å². The fraction of sp³-hybridized carbons (Fsp3) is 0.538. The summed E-state index contributed by atoms with van der Waals surface area (Å²) in [5.74, 6) is 0.949. The van der Waals surface area contributed by atoms with E-state index >= 15 is 0 Å². The first-order valence-electron chi connectivity index (χ1n) is 6.61. The number of hydrogen-bond acceptors (Lipinski definition) is 4. The molecule has 0 amide bonds. The lowest BCUT2D eigenvalue weighted by Gasteiger charge is -2.16. The Balaban J connectivity index is 1.84. The van der Waals surface area contributed by atoms with Crippen molar-refractivity contribution in [1.29, 1.82) is 0 Å². The van der Waals surface area contributed by atoms with Gasteiger partial charge >= 0.3 is 0 Å². The summed E-state index contributed by atoms with van der Waals surface area (Å²) in [5, 5.41) is 11.4. The lowest BCUT2D eigenvalue weighted by atomic mass is 10.1. The Morgan fingerprint density at radius 2 is 2.33 bits per heavy atom. The number of nitrogens with zero attached hydrogens (tertiary/aromatic N) is 3. The normalized spacial score (nSPS) is 20.8. The number of hydrogen-bond donors (Lipinski definition) is 2. The number of rotatable bonds is 2. The van der Waals surface area contributed by atoms with Gasteiger partial charge in [0.1, 0.15) is 5.52 Å². The zero-order valence-electron chi connectivity index (χ0n) is 10.7. The first-order valence-corrected chi connectivity index (χ1v) is 6.61. The molecule has 3 rings (SSSR count). The highest BCUT2D eigenvalue weighted by molar-refractivity contribution is 5.67. The van der Waals surface area contributed by atoms with Crippen molar-refractivity contribution in [2.75, 3.05) is 18.4 Å². The number of aromatic nitrogens is 3. The molecule has 1 aliphatic heterocycles. The zero-order chi connectivity index (χ0) is 12.4. The van der Waals surface area contributed by atoms with Gasteiger partial charge in [-0.3, -0.25) is 0 Å². The van der Waals surface area contributed by atoms with Crippen molar-refractivity contribution < 1.29 is 0 Å². The quantitative estimate of drug-likeness (QED) is 0.843. The Kier molecular flexibility index (Phi) is 3.15. The molecule has 1 unspecified atom stereocenters. The van der Waals surface area contributed by atoms with Crippen LogP contribution in [0.4, 0.5) is 5.82 Å². The molecule has 96 valence electrons. The van der Waals surface area contributed by atoms with Gasteiger partial charge in [-0.25, -0.2) is 9.50 Å². The van der Waals surface area contributed by atoms with Gasteiger partial charge in [-0.1, -0.05) is 0 Å². The molecule has 0 saturated carbocycles. The molecule has 0 aromatic carbocycles. The van der Waals surface area contributed by atoms with E-state index in [0.717, 1.165) is 36.5 Å². The SMILES string of the molecule is Cc1cc2c(NC3CCCNCC3)nccn2n1. The predicted octanol–water partition coefficient (Wildman–Crippen LogP) is 1.59. The van der Waals surface area contributed by atoms with E-state index in [4.69, 9.17) is 0 Å². The summed E-state index contributed by atoms with van der Waals surface area (Å²) >= 11 is 0. The Labute approximate surface area is 107 Å². The third-order valence-electron chi connectivity index (χ3n) is 3.43. The Morgan fingerprint density at radius 3 is 3.28 bits per heavy atom. The average Bonchev–Trinajstić information content (AvgIpc) is 2.58. The van der Waals surface area contributed by atoms with Gasteiger partial charge in [0.15, 0.2) is 5.82 Å². The van der Waals surface area contributed by atoms with Crippen LogP contribution in [0, 0.1) is 6.92 Å². The molecule has 3 heterocycles. The number of nitrogens with one attached hydrogen (secondary N) is 2. The molecular weight excluding hydrogens is 226 g/mol. The maximum absolute atomic E-state index is 4.45. The maximum Gasteiger partial charge on any atom is 0.152 e. The number of fused-ring (bicyclic) bond motifs is 1. The molecule has 0 spiro atoms. The average molecular weight is 245 g/mol. The van der Waals surface area contributed by atoms with E-state index in [1.807, 2.05) is 17.6 Å². The third kappa shape index (κ3) is 2.31. The summed E-state index contributed by atoms with van der Waals surface area (Å²) < 4.78 is 1.89. The predicted molar refractivity (Wildman–Crippen MR) is 71.9 cm³/mol. The van der Waals surface area contributed by atoms with Crippen LogP contribution < -0.4 is 10.6 Å². The van der Waals surface area contributed by atoms with Crippen molar-refractivity contribution in [3.63, 3.8) is 0 Å². The Morgan fingerprint density at radius 1 is 1.39 bits per heavy atom. The molecule has 0 bridgehead atoms. The van der Waals surface area contributed by atoms with E-state index < -0.39 is 0 Å². The summed E-state index contributed by atoms with van der Waals surface area (Å²) in [7, 11) is 0. The van der Waals surface area contributed by atoms with Gasteiger partial charge in [-0.05, 0) is 45.3 Å².